The molecule has 1 fully saturated rings. The number of H-pyrrole nitrogens is 1. The lowest BCUT2D eigenvalue weighted by Gasteiger charge is -2.08. The van der Waals surface area contributed by atoms with Crippen molar-refractivity contribution in [1.82, 2.24) is 20.0 Å². The van der Waals surface area contributed by atoms with Crippen molar-refractivity contribution in [1.29, 1.82) is 0 Å². The SMILES string of the molecule is O=c1ccn(-c2noc3ccc(CC4CCNC4)cc23)c(=O)[nH]1. The number of hydrogen-bond acceptors (Lipinski definition) is 5. The zero-order chi connectivity index (χ0) is 15.8. The van der Waals surface area contributed by atoms with E-state index in [0.717, 1.165) is 24.9 Å². The van der Waals surface area contributed by atoms with E-state index in [1.165, 1.54) is 28.8 Å². The van der Waals surface area contributed by atoms with E-state index in [2.05, 4.69) is 15.5 Å². The fourth-order valence-corrected chi connectivity index (χ4v) is 3.08. The third kappa shape index (κ3) is 2.59. The number of hydrogen-bond donors (Lipinski definition) is 2. The zero-order valence-electron chi connectivity index (χ0n) is 12.4. The van der Waals surface area contributed by atoms with Gasteiger partial charge < -0.3 is 9.84 Å². The topological polar surface area (TPSA) is 92.9 Å². The van der Waals surface area contributed by atoms with Crippen molar-refractivity contribution < 1.29 is 4.52 Å². The maximum absolute atomic E-state index is 12.0. The molecule has 23 heavy (non-hydrogen) atoms. The average Bonchev–Trinajstić information content (AvgIpc) is 3.17. The van der Waals surface area contributed by atoms with E-state index in [9.17, 15) is 9.59 Å². The number of nitrogens with zero attached hydrogens (tertiary/aromatic N) is 2. The van der Waals surface area contributed by atoms with Crippen LogP contribution in [0.25, 0.3) is 16.8 Å². The molecule has 1 saturated heterocycles. The third-order valence-corrected chi connectivity index (χ3v) is 4.25. The van der Waals surface area contributed by atoms with Crippen LogP contribution in [0.4, 0.5) is 0 Å². The minimum atomic E-state index is -0.530. The molecular weight excluding hydrogens is 296 g/mol. The summed E-state index contributed by atoms with van der Waals surface area (Å²) in [6.07, 6.45) is 3.56. The Morgan fingerprint density at radius 3 is 3.00 bits per heavy atom. The molecule has 0 saturated carbocycles. The third-order valence-electron chi connectivity index (χ3n) is 4.25. The summed E-state index contributed by atoms with van der Waals surface area (Å²) in [6.45, 7) is 2.10. The van der Waals surface area contributed by atoms with Gasteiger partial charge in [0.2, 0.25) is 0 Å². The molecule has 3 aromatic rings. The second-order valence-electron chi connectivity index (χ2n) is 5.88. The van der Waals surface area contributed by atoms with Gasteiger partial charge in [0.1, 0.15) is 0 Å². The number of benzene rings is 1. The van der Waals surface area contributed by atoms with Gasteiger partial charge in [-0.3, -0.25) is 9.78 Å². The van der Waals surface area contributed by atoms with E-state index in [-0.39, 0.29) is 0 Å². The van der Waals surface area contributed by atoms with Gasteiger partial charge in [0.05, 0.1) is 5.39 Å². The quantitative estimate of drug-likeness (QED) is 0.747. The number of aromatic amines is 1. The van der Waals surface area contributed by atoms with Crippen LogP contribution in [-0.2, 0) is 6.42 Å². The lowest BCUT2D eigenvalue weighted by atomic mass is 9.98. The molecule has 4 rings (SSSR count). The van der Waals surface area contributed by atoms with E-state index >= 15 is 0 Å². The van der Waals surface area contributed by atoms with Crippen LogP contribution in [0.1, 0.15) is 12.0 Å². The Kier molecular flexibility index (Phi) is 3.34. The van der Waals surface area contributed by atoms with E-state index in [1.54, 1.807) is 0 Å². The summed E-state index contributed by atoms with van der Waals surface area (Å²) in [5, 5.41) is 8.11. The summed E-state index contributed by atoms with van der Waals surface area (Å²) in [7, 11) is 0. The highest BCUT2D eigenvalue weighted by molar-refractivity contribution is 5.84. The number of nitrogens with one attached hydrogen (secondary N) is 2. The fourth-order valence-electron chi connectivity index (χ4n) is 3.08. The minimum absolute atomic E-state index is 0.396. The molecule has 1 aliphatic heterocycles. The average molecular weight is 312 g/mol. The van der Waals surface area contributed by atoms with Crippen LogP contribution in [0.3, 0.4) is 0 Å². The number of rotatable bonds is 3. The maximum Gasteiger partial charge on any atom is 0.334 e. The van der Waals surface area contributed by atoms with Gasteiger partial charge in [-0.25, -0.2) is 9.36 Å². The van der Waals surface area contributed by atoms with Crippen LogP contribution in [0, 0.1) is 5.92 Å². The van der Waals surface area contributed by atoms with E-state index in [0.29, 0.717) is 17.3 Å². The second-order valence-corrected chi connectivity index (χ2v) is 5.88. The summed E-state index contributed by atoms with van der Waals surface area (Å²) in [4.78, 5) is 25.4. The molecule has 0 bridgehead atoms. The molecule has 0 spiro atoms. The molecule has 7 nitrogen and oxygen atoms in total. The van der Waals surface area contributed by atoms with Crippen molar-refractivity contribution in [2.75, 3.05) is 13.1 Å². The van der Waals surface area contributed by atoms with Gasteiger partial charge in [0.15, 0.2) is 11.4 Å². The van der Waals surface area contributed by atoms with Crippen LogP contribution in [0.5, 0.6) is 0 Å². The molecule has 2 aromatic heterocycles. The predicted octanol–water partition coefficient (Wildman–Crippen LogP) is 0.819. The molecule has 0 radical (unpaired) electrons. The van der Waals surface area contributed by atoms with Crippen molar-refractivity contribution in [3.63, 3.8) is 0 Å². The van der Waals surface area contributed by atoms with Crippen molar-refractivity contribution in [3.05, 3.63) is 56.9 Å². The molecular formula is C16H16N4O3. The van der Waals surface area contributed by atoms with E-state index < -0.39 is 11.2 Å². The van der Waals surface area contributed by atoms with Crippen LogP contribution >= 0.6 is 0 Å². The molecule has 1 aromatic carbocycles. The first-order valence-corrected chi connectivity index (χ1v) is 7.62. The first kappa shape index (κ1) is 14.0. The molecule has 0 amide bonds. The maximum atomic E-state index is 12.0. The molecule has 2 N–H and O–H groups in total. The Morgan fingerprint density at radius 2 is 2.22 bits per heavy atom. The van der Waals surface area contributed by atoms with Crippen molar-refractivity contribution >= 4 is 11.0 Å². The molecule has 1 aliphatic rings. The van der Waals surface area contributed by atoms with Crippen LogP contribution in [0.2, 0.25) is 0 Å². The van der Waals surface area contributed by atoms with Crippen LogP contribution < -0.4 is 16.6 Å². The molecule has 118 valence electrons. The van der Waals surface area contributed by atoms with Gasteiger partial charge in [-0.2, -0.15) is 0 Å². The normalized spacial score (nSPS) is 17.8. The molecule has 0 aliphatic carbocycles. The van der Waals surface area contributed by atoms with Crippen molar-refractivity contribution in [2.45, 2.75) is 12.8 Å². The van der Waals surface area contributed by atoms with Gasteiger partial charge in [-0.15, -0.1) is 0 Å². The Labute approximate surface area is 130 Å². The largest absolute Gasteiger partial charge is 0.354 e. The van der Waals surface area contributed by atoms with Crippen molar-refractivity contribution in [3.8, 4) is 5.82 Å². The minimum Gasteiger partial charge on any atom is -0.354 e. The standard InChI is InChI=1S/C16H16N4O3/c21-14-4-6-20(16(22)18-14)15-12-8-10(1-2-13(12)23-19-15)7-11-3-5-17-9-11/h1-2,4,6,8,11,17H,3,5,7,9H2,(H,18,21,22). The lowest BCUT2D eigenvalue weighted by Crippen LogP contribution is -2.27. The highest BCUT2D eigenvalue weighted by atomic mass is 16.5. The smallest absolute Gasteiger partial charge is 0.334 e. The van der Waals surface area contributed by atoms with Gasteiger partial charge in [-0.05, 0) is 49.5 Å². The fraction of sp³-hybridized carbons (Fsp3) is 0.312. The Balaban J connectivity index is 1.77. The lowest BCUT2D eigenvalue weighted by molar-refractivity contribution is 0.451. The zero-order valence-corrected chi connectivity index (χ0v) is 12.4. The number of fused-ring (bicyclic) bond motifs is 1. The Bertz CT molecular complexity index is 963. The van der Waals surface area contributed by atoms with Gasteiger partial charge in [-0.1, -0.05) is 11.2 Å². The van der Waals surface area contributed by atoms with E-state index in [4.69, 9.17) is 4.52 Å². The summed E-state index contributed by atoms with van der Waals surface area (Å²) < 4.78 is 6.59. The van der Waals surface area contributed by atoms with Gasteiger partial charge in [0, 0.05) is 12.3 Å². The number of aromatic nitrogens is 3. The van der Waals surface area contributed by atoms with Crippen molar-refractivity contribution in [2.24, 2.45) is 5.92 Å². The Hall–Kier alpha value is -2.67. The van der Waals surface area contributed by atoms with Gasteiger partial charge >= 0.3 is 5.69 Å². The van der Waals surface area contributed by atoms with Crippen LogP contribution in [-0.4, -0.2) is 27.8 Å². The van der Waals surface area contributed by atoms with E-state index in [1.807, 2.05) is 18.2 Å². The first-order chi connectivity index (χ1) is 11.2. The Morgan fingerprint density at radius 1 is 1.30 bits per heavy atom. The van der Waals surface area contributed by atoms with Crippen LogP contribution in [0.15, 0.2) is 44.6 Å². The monoisotopic (exact) mass is 312 g/mol. The summed E-state index contributed by atoms with van der Waals surface area (Å²) in [5.74, 6) is 1.03. The molecule has 7 heteroatoms. The summed E-state index contributed by atoms with van der Waals surface area (Å²) >= 11 is 0. The summed E-state index contributed by atoms with van der Waals surface area (Å²) in [5.41, 5.74) is 0.839. The molecule has 1 unspecified atom stereocenters. The first-order valence-electron chi connectivity index (χ1n) is 7.62. The van der Waals surface area contributed by atoms with Gasteiger partial charge in [0.25, 0.3) is 5.56 Å². The predicted molar refractivity (Wildman–Crippen MR) is 84.9 cm³/mol. The second kappa shape index (κ2) is 5.51. The molecule has 3 heterocycles. The highest BCUT2D eigenvalue weighted by Crippen LogP contribution is 2.24. The molecule has 1 atom stereocenters. The summed E-state index contributed by atoms with van der Waals surface area (Å²) in [6, 6.07) is 7.21. The highest BCUT2D eigenvalue weighted by Gasteiger charge is 2.17.